The van der Waals surface area contributed by atoms with E-state index in [1.807, 2.05) is 44.2 Å². The second-order valence-corrected chi connectivity index (χ2v) is 10.3. The van der Waals surface area contributed by atoms with Gasteiger partial charge in [0, 0.05) is 13.0 Å². The van der Waals surface area contributed by atoms with E-state index in [9.17, 15) is 19.2 Å². The number of nitrogens with zero attached hydrogens (tertiary/aromatic N) is 2. The third kappa shape index (κ3) is 5.66. The minimum absolute atomic E-state index is 0.00279. The van der Waals surface area contributed by atoms with Crippen LogP contribution in [0.3, 0.4) is 0 Å². The molecule has 188 valence electrons. The molecule has 4 rings (SSSR count). The molecule has 0 radical (unpaired) electrons. The summed E-state index contributed by atoms with van der Waals surface area (Å²) < 4.78 is 6.57. The van der Waals surface area contributed by atoms with E-state index in [0.717, 1.165) is 17.9 Å². The summed E-state index contributed by atoms with van der Waals surface area (Å²) in [4.78, 5) is 54.4. The summed E-state index contributed by atoms with van der Waals surface area (Å²) in [6.45, 7) is 3.62. The summed E-state index contributed by atoms with van der Waals surface area (Å²) >= 11 is 0. The Bertz CT molecular complexity index is 1190. The van der Waals surface area contributed by atoms with Gasteiger partial charge in [-0.3, -0.25) is 23.9 Å². The van der Waals surface area contributed by atoms with Crippen molar-refractivity contribution in [3.63, 3.8) is 0 Å². The van der Waals surface area contributed by atoms with Crippen LogP contribution >= 0.6 is 0 Å². The molecular formula is C26H34N4O5. The number of esters is 1. The van der Waals surface area contributed by atoms with E-state index in [2.05, 4.69) is 4.98 Å². The molecule has 3 atom stereocenters. The van der Waals surface area contributed by atoms with Crippen molar-refractivity contribution in [3.8, 4) is 0 Å². The molecule has 2 bridgehead atoms. The number of carbonyl (C=O) groups excluding carboxylic acids is 2. The van der Waals surface area contributed by atoms with Crippen molar-refractivity contribution in [2.75, 3.05) is 23.8 Å². The van der Waals surface area contributed by atoms with E-state index in [1.54, 1.807) is 0 Å². The van der Waals surface area contributed by atoms with Crippen LogP contribution in [0.4, 0.5) is 11.5 Å². The number of ether oxygens (including phenoxy) is 1. The van der Waals surface area contributed by atoms with Crippen LogP contribution in [0, 0.1) is 23.7 Å². The number of H-pyrrole nitrogens is 1. The highest BCUT2D eigenvalue weighted by molar-refractivity contribution is 5.97. The number of aromatic amines is 1. The smallest absolute Gasteiger partial charge is 0.330 e. The Kier molecular flexibility index (Phi) is 7.42. The molecule has 1 amide bonds. The quantitative estimate of drug-likeness (QED) is 0.529. The Morgan fingerprint density at radius 2 is 1.91 bits per heavy atom. The summed E-state index contributed by atoms with van der Waals surface area (Å²) in [5.41, 5.74) is 5.59. The lowest BCUT2D eigenvalue weighted by Crippen LogP contribution is -2.44. The van der Waals surface area contributed by atoms with Gasteiger partial charge < -0.3 is 15.4 Å². The van der Waals surface area contributed by atoms with Crippen molar-refractivity contribution in [2.45, 2.75) is 52.5 Å². The van der Waals surface area contributed by atoms with E-state index in [4.69, 9.17) is 10.5 Å². The minimum atomic E-state index is -0.751. The molecular weight excluding hydrogens is 448 g/mol. The van der Waals surface area contributed by atoms with Gasteiger partial charge in [-0.05, 0) is 48.5 Å². The summed E-state index contributed by atoms with van der Waals surface area (Å²) in [7, 11) is 0. The number of hydrogen-bond donors (Lipinski definition) is 2. The van der Waals surface area contributed by atoms with Crippen molar-refractivity contribution >= 4 is 23.4 Å². The van der Waals surface area contributed by atoms with Crippen LogP contribution < -0.4 is 21.9 Å². The summed E-state index contributed by atoms with van der Waals surface area (Å²) in [6, 6.07) is 9.20. The number of nitrogens with two attached hydrogens (primary N) is 1. The number of aromatic nitrogens is 2. The van der Waals surface area contributed by atoms with Crippen molar-refractivity contribution in [1.29, 1.82) is 0 Å². The third-order valence-electron chi connectivity index (χ3n) is 7.19. The number of amides is 1. The first-order valence-electron chi connectivity index (χ1n) is 12.4. The van der Waals surface area contributed by atoms with Gasteiger partial charge in [0.15, 0.2) is 12.3 Å². The van der Waals surface area contributed by atoms with Crippen LogP contribution in [0.25, 0.3) is 0 Å². The molecule has 2 aromatic rings. The fraction of sp³-hybridized carbons (Fsp3) is 0.538. The van der Waals surface area contributed by atoms with Crippen LogP contribution in [0.15, 0.2) is 39.9 Å². The Balaban J connectivity index is 1.51. The second-order valence-electron chi connectivity index (χ2n) is 10.3. The first-order valence-corrected chi connectivity index (χ1v) is 12.4. The van der Waals surface area contributed by atoms with Crippen LogP contribution in [0.5, 0.6) is 0 Å². The molecule has 0 aliphatic heterocycles. The maximum atomic E-state index is 13.2. The first-order chi connectivity index (χ1) is 16.7. The van der Waals surface area contributed by atoms with Crippen molar-refractivity contribution in [3.05, 3.63) is 56.7 Å². The normalized spacial score (nSPS) is 20.8. The zero-order valence-electron chi connectivity index (χ0n) is 20.4. The van der Waals surface area contributed by atoms with Crippen LogP contribution in [-0.4, -0.2) is 34.6 Å². The number of fused-ring (bicyclic) bond motifs is 2. The highest BCUT2D eigenvalue weighted by atomic mass is 16.5. The van der Waals surface area contributed by atoms with Crippen molar-refractivity contribution < 1.29 is 14.3 Å². The van der Waals surface area contributed by atoms with Gasteiger partial charge in [-0.1, -0.05) is 50.6 Å². The van der Waals surface area contributed by atoms with E-state index in [0.29, 0.717) is 18.3 Å². The third-order valence-corrected chi connectivity index (χ3v) is 7.19. The first kappa shape index (κ1) is 24.8. The van der Waals surface area contributed by atoms with Crippen molar-refractivity contribution in [1.82, 2.24) is 9.55 Å². The lowest BCUT2D eigenvalue weighted by atomic mass is 9.86. The van der Waals surface area contributed by atoms with Crippen LogP contribution in [-0.2, 0) is 20.9 Å². The van der Waals surface area contributed by atoms with E-state index in [1.165, 1.54) is 28.7 Å². The molecule has 1 aromatic heterocycles. The number of nitrogen functional groups attached to an aromatic ring is 1. The predicted octanol–water partition coefficient (Wildman–Crippen LogP) is 2.53. The molecule has 2 aliphatic rings. The molecule has 2 aliphatic carbocycles. The van der Waals surface area contributed by atoms with Gasteiger partial charge in [-0.15, -0.1) is 0 Å². The monoisotopic (exact) mass is 482 g/mol. The van der Waals surface area contributed by atoms with Gasteiger partial charge in [0.1, 0.15) is 5.82 Å². The summed E-state index contributed by atoms with van der Waals surface area (Å²) in [5.74, 6) is 0.593. The number of anilines is 2. The Morgan fingerprint density at radius 1 is 1.17 bits per heavy atom. The molecule has 9 nitrogen and oxygen atoms in total. The van der Waals surface area contributed by atoms with Crippen molar-refractivity contribution in [2.24, 2.45) is 23.7 Å². The summed E-state index contributed by atoms with van der Waals surface area (Å²) in [6.07, 6.45) is 5.00. The highest BCUT2D eigenvalue weighted by Gasteiger charge is 2.40. The molecule has 35 heavy (non-hydrogen) atoms. The van der Waals surface area contributed by atoms with Gasteiger partial charge in [0.05, 0.1) is 6.54 Å². The molecule has 3 unspecified atom stereocenters. The second kappa shape index (κ2) is 10.5. The zero-order chi connectivity index (χ0) is 25.1. The lowest BCUT2D eigenvalue weighted by molar-refractivity contribution is -0.149. The average Bonchev–Trinajstić information content (AvgIpc) is 3.43. The van der Waals surface area contributed by atoms with Gasteiger partial charge >= 0.3 is 11.7 Å². The number of benzene rings is 1. The van der Waals surface area contributed by atoms with E-state index >= 15 is 0 Å². The van der Waals surface area contributed by atoms with Gasteiger partial charge in [-0.25, -0.2) is 4.79 Å². The fourth-order valence-electron chi connectivity index (χ4n) is 5.56. The molecule has 3 N–H and O–H groups in total. The maximum absolute atomic E-state index is 13.2. The molecule has 1 heterocycles. The van der Waals surface area contributed by atoms with Crippen LogP contribution in [0.2, 0.25) is 0 Å². The standard InChI is InChI=1S/C26H34N4O5/c1-16(2)13-29(21(31)15-35-22(32)12-20-11-18-8-9-19(20)10-18)23-24(27)30(26(34)28-25(23)33)14-17-6-4-3-5-7-17/h3-7,16,18-20H,8-15,27H2,1-2H3,(H,28,33,34). The number of nitrogens with one attached hydrogen (secondary N) is 1. The van der Waals surface area contributed by atoms with Gasteiger partial charge in [0.2, 0.25) is 0 Å². The number of hydrogen-bond acceptors (Lipinski definition) is 6. The van der Waals surface area contributed by atoms with E-state index < -0.39 is 29.7 Å². The highest BCUT2D eigenvalue weighted by Crippen LogP contribution is 2.49. The largest absolute Gasteiger partial charge is 0.456 e. The molecule has 9 heteroatoms. The zero-order valence-corrected chi connectivity index (χ0v) is 20.4. The average molecular weight is 483 g/mol. The van der Waals surface area contributed by atoms with Gasteiger partial charge in [0.25, 0.3) is 11.5 Å². The summed E-state index contributed by atoms with van der Waals surface area (Å²) in [5, 5.41) is 0. The number of carbonyl (C=O) groups is 2. The lowest BCUT2D eigenvalue weighted by Gasteiger charge is -2.26. The number of rotatable bonds is 9. The molecule has 0 spiro atoms. The van der Waals surface area contributed by atoms with Crippen LogP contribution in [0.1, 0.15) is 51.5 Å². The Morgan fingerprint density at radius 3 is 2.54 bits per heavy atom. The van der Waals surface area contributed by atoms with Gasteiger partial charge in [-0.2, -0.15) is 0 Å². The predicted molar refractivity (Wildman–Crippen MR) is 133 cm³/mol. The molecule has 0 saturated heterocycles. The van der Waals surface area contributed by atoms with E-state index in [-0.39, 0.29) is 30.5 Å². The fourth-order valence-corrected chi connectivity index (χ4v) is 5.56. The Labute approximate surface area is 204 Å². The molecule has 1 aromatic carbocycles. The molecule has 2 fully saturated rings. The SMILES string of the molecule is CC(C)CN(C(=O)COC(=O)CC1CC2CCC1C2)c1c(N)n(Cc2ccccc2)c(=O)[nH]c1=O. The minimum Gasteiger partial charge on any atom is -0.456 e. The topological polar surface area (TPSA) is 127 Å². The Hall–Kier alpha value is -3.36. The molecule has 2 saturated carbocycles. The maximum Gasteiger partial charge on any atom is 0.330 e.